The predicted octanol–water partition coefficient (Wildman–Crippen LogP) is 2.87. The first kappa shape index (κ1) is 16.3. The molecule has 0 bridgehead atoms. The Morgan fingerprint density at radius 2 is 1.91 bits per heavy atom. The van der Waals surface area contributed by atoms with E-state index in [1.807, 2.05) is 0 Å². The molecule has 0 fully saturated rings. The third-order valence-corrected chi connectivity index (χ3v) is 3.90. The van der Waals surface area contributed by atoms with Gasteiger partial charge in [-0.2, -0.15) is 13.2 Å². The van der Waals surface area contributed by atoms with Gasteiger partial charge in [0.2, 0.25) is 5.91 Å². The van der Waals surface area contributed by atoms with E-state index in [2.05, 4.69) is 15.5 Å². The summed E-state index contributed by atoms with van der Waals surface area (Å²) < 4.78 is 39.0. The monoisotopic (exact) mass is 330 g/mol. The average Bonchev–Trinajstić information content (AvgIpc) is 2.76. The first-order valence-electron chi connectivity index (χ1n) is 6.23. The van der Waals surface area contributed by atoms with E-state index >= 15 is 0 Å². The van der Waals surface area contributed by atoms with Crippen molar-refractivity contribution in [3.05, 3.63) is 35.7 Å². The highest BCUT2D eigenvalue weighted by Gasteiger charge is 2.29. The minimum absolute atomic E-state index is 0.0903. The smallest absolute Gasteiger partial charge is 0.325 e. The average molecular weight is 330 g/mol. The van der Waals surface area contributed by atoms with Gasteiger partial charge in [-0.15, -0.1) is 10.2 Å². The van der Waals surface area contributed by atoms with Crippen LogP contribution in [0, 0.1) is 6.92 Å². The minimum Gasteiger partial charge on any atom is -0.325 e. The van der Waals surface area contributed by atoms with Crippen molar-refractivity contribution >= 4 is 23.4 Å². The van der Waals surface area contributed by atoms with E-state index in [1.54, 1.807) is 18.5 Å². The van der Waals surface area contributed by atoms with Gasteiger partial charge in [0.1, 0.15) is 5.82 Å². The van der Waals surface area contributed by atoms with Gasteiger partial charge < -0.3 is 9.88 Å². The molecule has 0 radical (unpaired) electrons. The van der Waals surface area contributed by atoms with Gasteiger partial charge in [-0.3, -0.25) is 4.79 Å². The Morgan fingerprint density at radius 3 is 2.41 bits per heavy atom. The van der Waals surface area contributed by atoms with Crippen LogP contribution in [0.5, 0.6) is 0 Å². The molecule has 0 unspecified atom stereocenters. The number of hydrogen-bond donors (Lipinski definition) is 1. The number of alkyl halides is 3. The largest absolute Gasteiger partial charge is 0.416 e. The van der Waals surface area contributed by atoms with Crippen LogP contribution in [-0.4, -0.2) is 26.4 Å². The van der Waals surface area contributed by atoms with Crippen LogP contribution in [0.25, 0.3) is 0 Å². The fourth-order valence-electron chi connectivity index (χ4n) is 1.58. The van der Waals surface area contributed by atoms with Crippen molar-refractivity contribution < 1.29 is 18.0 Å². The van der Waals surface area contributed by atoms with E-state index in [4.69, 9.17) is 0 Å². The van der Waals surface area contributed by atoms with Crippen molar-refractivity contribution in [1.82, 2.24) is 14.8 Å². The first-order chi connectivity index (χ1) is 10.3. The van der Waals surface area contributed by atoms with Gasteiger partial charge in [-0.25, -0.2) is 0 Å². The van der Waals surface area contributed by atoms with Crippen LogP contribution in [0.4, 0.5) is 18.9 Å². The van der Waals surface area contributed by atoms with Crippen molar-refractivity contribution in [3.63, 3.8) is 0 Å². The Hall–Kier alpha value is -2.03. The molecule has 0 atom stereocenters. The maximum absolute atomic E-state index is 12.4. The summed E-state index contributed by atoms with van der Waals surface area (Å²) in [5.41, 5.74) is -0.442. The molecule has 1 amide bonds. The summed E-state index contributed by atoms with van der Waals surface area (Å²) in [6.07, 6.45) is -4.39. The van der Waals surface area contributed by atoms with Crippen LogP contribution in [0.3, 0.4) is 0 Å². The molecule has 1 aromatic heterocycles. The van der Waals surface area contributed by atoms with Crippen LogP contribution in [0.2, 0.25) is 0 Å². The summed E-state index contributed by atoms with van der Waals surface area (Å²) in [6, 6.07) is 4.29. The molecule has 1 aromatic carbocycles. The lowest BCUT2D eigenvalue weighted by molar-refractivity contribution is -0.137. The van der Waals surface area contributed by atoms with E-state index in [0.29, 0.717) is 10.8 Å². The lowest BCUT2D eigenvalue weighted by Crippen LogP contribution is -2.14. The number of aromatic nitrogens is 3. The second-order valence-electron chi connectivity index (χ2n) is 4.50. The molecular formula is C13H13F3N4OS. The molecular weight excluding hydrogens is 317 g/mol. The van der Waals surface area contributed by atoms with Crippen LogP contribution < -0.4 is 5.32 Å². The van der Waals surface area contributed by atoms with Gasteiger partial charge in [-0.05, 0) is 31.2 Å². The van der Waals surface area contributed by atoms with Crippen LogP contribution in [0.1, 0.15) is 11.4 Å². The highest BCUT2D eigenvalue weighted by Crippen LogP contribution is 2.29. The maximum atomic E-state index is 12.4. The van der Waals surface area contributed by atoms with Gasteiger partial charge in [-0.1, -0.05) is 11.8 Å². The SMILES string of the molecule is Cc1nnc(SCC(=O)Nc2ccc(C(F)(F)F)cc2)n1C. The standard InChI is InChI=1S/C13H13F3N4OS/c1-8-18-19-12(20(8)2)22-7-11(21)17-10-5-3-9(4-6-10)13(14,15)16/h3-6H,7H2,1-2H3,(H,17,21). The number of benzene rings is 1. The van der Waals surface area contributed by atoms with Gasteiger partial charge in [0.05, 0.1) is 11.3 Å². The maximum Gasteiger partial charge on any atom is 0.416 e. The molecule has 9 heteroatoms. The fraction of sp³-hybridized carbons (Fsp3) is 0.308. The number of aryl methyl sites for hydroxylation is 1. The van der Waals surface area contributed by atoms with Crippen molar-refractivity contribution in [2.24, 2.45) is 7.05 Å². The van der Waals surface area contributed by atoms with E-state index in [1.165, 1.54) is 23.9 Å². The molecule has 0 saturated heterocycles. The highest BCUT2D eigenvalue weighted by atomic mass is 32.2. The molecule has 0 aliphatic heterocycles. The van der Waals surface area contributed by atoms with Gasteiger partial charge in [0.15, 0.2) is 5.16 Å². The number of carbonyl (C=O) groups is 1. The molecule has 0 aliphatic rings. The number of rotatable bonds is 4. The van der Waals surface area contributed by atoms with Crippen LogP contribution >= 0.6 is 11.8 Å². The molecule has 1 N–H and O–H groups in total. The number of amides is 1. The number of anilines is 1. The summed E-state index contributed by atoms with van der Waals surface area (Å²) in [4.78, 5) is 11.8. The van der Waals surface area contributed by atoms with Crippen molar-refractivity contribution in [2.75, 3.05) is 11.1 Å². The summed E-state index contributed by atoms with van der Waals surface area (Å²) in [5, 5.41) is 10.9. The number of halogens is 3. The Balaban J connectivity index is 1.91. The van der Waals surface area contributed by atoms with E-state index in [-0.39, 0.29) is 11.7 Å². The molecule has 5 nitrogen and oxygen atoms in total. The molecule has 118 valence electrons. The Kier molecular flexibility index (Phi) is 4.74. The molecule has 2 aromatic rings. The fourth-order valence-corrected chi connectivity index (χ4v) is 2.34. The zero-order valence-corrected chi connectivity index (χ0v) is 12.6. The van der Waals surface area contributed by atoms with Crippen molar-refractivity contribution in [1.29, 1.82) is 0 Å². The van der Waals surface area contributed by atoms with E-state index in [9.17, 15) is 18.0 Å². The van der Waals surface area contributed by atoms with E-state index < -0.39 is 11.7 Å². The molecule has 1 heterocycles. The summed E-state index contributed by atoms with van der Waals surface area (Å²) in [7, 11) is 1.78. The third-order valence-electron chi connectivity index (χ3n) is 2.88. The van der Waals surface area contributed by atoms with Crippen LogP contribution in [-0.2, 0) is 18.0 Å². The van der Waals surface area contributed by atoms with E-state index in [0.717, 1.165) is 18.0 Å². The van der Waals surface area contributed by atoms with Crippen LogP contribution in [0.15, 0.2) is 29.4 Å². The van der Waals surface area contributed by atoms with Crippen molar-refractivity contribution in [2.45, 2.75) is 18.3 Å². The second-order valence-corrected chi connectivity index (χ2v) is 5.44. The zero-order valence-electron chi connectivity index (χ0n) is 11.8. The molecule has 0 spiro atoms. The third kappa shape index (κ3) is 4.00. The first-order valence-corrected chi connectivity index (χ1v) is 7.22. The normalized spacial score (nSPS) is 11.5. The lowest BCUT2D eigenvalue weighted by atomic mass is 10.2. The molecule has 0 aliphatic carbocycles. The number of nitrogens with zero attached hydrogens (tertiary/aromatic N) is 3. The molecule has 2 rings (SSSR count). The Morgan fingerprint density at radius 1 is 1.27 bits per heavy atom. The quantitative estimate of drug-likeness (QED) is 0.876. The lowest BCUT2D eigenvalue weighted by Gasteiger charge is -2.08. The summed E-state index contributed by atoms with van der Waals surface area (Å²) in [5.74, 6) is 0.489. The Labute approximate surface area is 128 Å². The molecule has 22 heavy (non-hydrogen) atoms. The topological polar surface area (TPSA) is 59.8 Å². The summed E-state index contributed by atoms with van der Waals surface area (Å²) >= 11 is 1.20. The number of nitrogens with one attached hydrogen (secondary N) is 1. The van der Waals surface area contributed by atoms with Gasteiger partial charge in [0, 0.05) is 12.7 Å². The predicted molar refractivity (Wildman–Crippen MR) is 76.5 cm³/mol. The molecule has 0 saturated carbocycles. The van der Waals surface area contributed by atoms with Gasteiger partial charge >= 0.3 is 6.18 Å². The second kappa shape index (κ2) is 6.39. The number of thioether (sulfide) groups is 1. The highest BCUT2D eigenvalue weighted by molar-refractivity contribution is 7.99. The number of hydrogen-bond acceptors (Lipinski definition) is 4. The summed E-state index contributed by atoms with van der Waals surface area (Å²) in [6.45, 7) is 1.79. The zero-order chi connectivity index (χ0) is 16.3. The number of carbonyl (C=O) groups excluding carboxylic acids is 1. The minimum atomic E-state index is -4.39. The van der Waals surface area contributed by atoms with Crippen molar-refractivity contribution in [3.8, 4) is 0 Å². The Bertz CT molecular complexity index is 667. The van der Waals surface area contributed by atoms with Gasteiger partial charge in [0.25, 0.3) is 0 Å².